The van der Waals surface area contributed by atoms with Gasteiger partial charge < -0.3 is 9.47 Å². The Kier molecular flexibility index (Phi) is 7.19. The van der Waals surface area contributed by atoms with Crippen molar-refractivity contribution in [2.75, 3.05) is 11.2 Å². The number of para-hydroxylation sites is 2. The van der Waals surface area contributed by atoms with Crippen molar-refractivity contribution in [2.24, 2.45) is 0 Å². The Hall–Kier alpha value is -5.81. The zero-order valence-electron chi connectivity index (χ0n) is 28.0. The highest BCUT2D eigenvalue weighted by atomic mass is 32.2. The Morgan fingerprint density at radius 1 is 0.510 bits per heavy atom. The predicted molar refractivity (Wildman–Crippen MR) is 223 cm³/mol. The van der Waals surface area contributed by atoms with Gasteiger partial charge in [0.05, 0.1) is 22.4 Å². The van der Waals surface area contributed by atoms with Gasteiger partial charge in [-0.05, 0) is 88.8 Å². The summed E-state index contributed by atoms with van der Waals surface area (Å²) in [7, 11) is 0. The maximum absolute atomic E-state index is 2.51. The van der Waals surface area contributed by atoms with Crippen LogP contribution in [-0.2, 0) is 0 Å². The SMILES string of the molecule is CSc1c(-c2ccccc2)cccc1N(c1ccc2ccc3sc4ccccc4c3c2c1)c1cccc2c1c1ccccc1n2-c1ccccc1. The number of benzene rings is 8. The Balaban J connectivity index is 1.32. The number of thioether (sulfide) groups is 1. The summed E-state index contributed by atoms with van der Waals surface area (Å²) in [5, 5.41) is 7.63. The normalized spacial score (nSPS) is 11.7. The molecule has 0 unspecified atom stereocenters. The monoisotopic (exact) mass is 688 g/mol. The van der Waals surface area contributed by atoms with E-state index in [0.29, 0.717) is 0 Å². The molecule has 0 aliphatic rings. The van der Waals surface area contributed by atoms with Crippen LogP contribution in [0.15, 0.2) is 181 Å². The van der Waals surface area contributed by atoms with E-state index in [0.717, 1.165) is 22.7 Å². The average Bonchev–Trinajstić information content (AvgIpc) is 3.75. The van der Waals surface area contributed by atoms with Crippen LogP contribution in [0.1, 0.15) is 0 Å². The minimum Gasteiger partial charge on any atom is -0.309 e. The topological polar surface area (TPSA) is 8.17 Å². The maximum Gasteiger partial charge on any atom is 0.0603 e. The van der Waals surface area contributed by atoms with Gasteiger partial charge in [0, 0.05) is 47.2 Å². The Morgan fingerprint density at radius 3 is 2.04 bits per heavy atom. The molecule has 0 saturated carbocycles. The fraction of sp³-hybridized carbons (Fsp3) is 0.0213. The molecule has 0 radical (unpaired) electrons. The molecule has 2 heterocycles. The highest BCUT2D eigenvalue weighted by Crippen LogP contribution is 2.49. The van der Waals surface area contributed by atoms with Crippen molar-refractivity contribution in [3.05, 3.63) is 176 Å². The van der Waals surface area contributed by atoms with Crippen LogP contribution >= 0.6 is 23.1 Å². The van der Waals surface area contributed by atoms with Crippen LogP contribution in [0.5, 0.6) is 0 Å². The van der Waals surface area contributed by atoms with E-state index in [1.165, 1.54) is 68.8 Å². The molecular weight excluding hydrogens is 657 g/mol. The van der Waals surface area contributed by atoms with Gasteiger partial charge in [0.1, 0.15) is 0 Å². The zero-order valence-corrected chi connectivity index (χ0v) is 29.6. The number of nitrogens with zero attached hydrogens (tertiary/aromatic N) is 2. The average molecular weight is 689 g/mol. The Bertz CT molecular complexity index is 2900. The first-order valence-corrected chi connectivity index (χ1v) is 19.3. The first-order chi connectivity index (χ1) is 25.3. The lowest BCUT2D eigenvalue weighted by molar-refractivity contribution is 1.18. The zero-order chi connectivity index (χ0) is 33.9. The number of thiophene rings is 1. The summed E-state index contributed by atoms with van der Waals surface area (Å²) in [5.41, 5.74) is 9.43. The summed E-state index contributed by atoms with van der Waals surface area (Å²) < 4.78 is 5.04. The Labute approximate surface area is 304 Å². The molecule has 8 aromatic carbocycles. The molecule has 0 aliphatic heterocycles. The van der Waals surface area contributed by atoms with Crippen molar-refractivity contribution in [1.82, 2.24) is 4.57 Å². The van der Waals surface area contributed by atoms with Gasteiger partial charge >= 0.3 is 0 Å². The van der Waals surface area contributed by atoms with Gasteiger partial charge in [0.15, 0.2) is 0 Å². The molecule has 0 bridgehead atoms. The van der Waals surface area contributed by atoms with Crippen LogP contribution in [0.4, 0.5) is 17.1 Å². The minimum absolute atomic E-state index is 1.13. The quantitative estimate of drug-likeness (QED) is 0.161. The van der Waals surface area contributed by atoms with Crippen molar-refractivity contribution in [1.29, 1.82) is 0 Å². The second-order valence-corrected chi connectivity index (χ2v) is 14.8. The lowest BCUT2D eigenvalue weighted by Crippen LogP contribution is -2.12. The molecule has 0 aliphatic carbocycles. The molecule has 2 aromatic heterocycles. The highest BCUT2D eigenvalue weighted by Gasteiger charge is 2.24. The van der Waals surface area contributed by atoms with E-state index < -0.39 is 0 Å². The van der Waals surface area contributed by atoms with Crippen LogP contribution in [0.2, 0.25) is 0 Å². The molecule has 51 heavy (non-hydrogen) atoms. The minimum atomic E-state index is 1.13. The fourth-order valence-corrected chi connectivity index (χ4v) is 9.78. The van der Waals surface area contributed by atoms with E-state index in [-0.39, 0.29) is 0 Å². The predicted octanol–water partition coefficient (Wildman–Crippen LogP) is 14.2. The van der Waals surface area contributed by atoms with Crippen LogP contribution in [0.25, 0.3) is 69.6 Å². The van der Waals surface area contributed by atoms with Crippen molar-refractivity contribution < 1.29 is 0 Å². The molecule has 0 spiro atoms. The maximum atomic E-state index is 2.51. The van der Waals surface area contributed by atoms with Crippen molar-refractivity contribution in [2.45, 2.75) is 4.90 Å². The molecule has 10 aromatic rings. The molecule has 0 fully saturated rings. The largest absolute Gasteiger partial charge is 0.309 e. The molecule has 0 atom stereocenters. The van der Waals surface area contributed by atoms with Crippen LogP contribution in [0, 0.1) is 0 Å². The highest BCUT2D eigenvalue weighted by molar-refractivity contribution is 7.98. The standard InChI is InChI=1S/C47H32N2S2/c1-50-47-35(31-14-4-2-5-15-31)20-12-24-42(47)49(34-28-26-32-27-29-44-45(38(32)30-34)37-19-9-11-25-43(37)51-44)41-23-13-22-40-46(41)36-18-8-10-21-39(36)48(40)33-16-6-3-7-17-33/h2-30H,1H3. The number of anilines is 3. The van der Waals surface area contributed by atoms with Gasteiger partial charge in [0.2, 0.25) is 0 Å². The van der Waals surface area contributed by atoms with E-state index in [4.69, 9.17) is 0 Å². The van der Waals surface area contributed by atoms with Gasteiger partial charge in [0.25, 0.3) is 0 Å². The lowest BCUT2D eigenvalue weighted by Gasteiger charge is -2.29. The first-order valence-electron chi connectivity index (χ1n) is 17.2. The number of fused-ring (bicyclic) bond motifs is 8. The van der Waals surface area contributed by atoms with Crippen LogP contribution in [-0.4, -0.2) is 10.8 Å². The van der Waals surface area contributed by atoms with Crippen molar-refractivity contribution in [3.8, 4) is 16.8 Å². The number of rotatable bonds is 6. The third kappa shape index (κ3) is 4.79. The molecular formula is C47H32N2S2. The molecule has 10 rings (SSSR count). The smallest absolute Gasteiger partial charge is 0.0603 e. The summed E-state index contributed by atoms with van der Waals surface area (Å²) in [6, 6.07) is 64.3. The number of hydrogen-bond acceptors (Lipinski definition) is 3. The van der Waals surface area contributed by atoms with E-state index in [2.05, 4.69) is 192 Å². The van der Waals surface area contributed by atoms with E-state index >= 15 is 0 Å². The van der Waals surface area contributed by atoms with E-state index in [1.54, 1.807) is 0 Å². The van der Waals surface area contributed by atoms with E-state index in [9.17, 15) is 0 Å². The molecule has 4 heteroatoms. The number of aromatic nitrogens is 1. The summed E-state index contributed by atoms with van der Waals surface area (Å²) in [5.74, 6) is 0. The van der Waals surface area contributed by atoms with Crippen molar-refractivity contribution >= 4 is 92.9 Å². The molecule has 242 valence electrons. The summed E-state index contributed by atoms with van der Waals surface area (Å²) >= 11 is 3.68. The summed E-state index contributed by atoms with van der Waals surface area (Å²) in [6.45, 7) is 0. The van der Waals surface area contributed by atoms with E-state index in [1.807, 2.05) is 23.1 Å². The first kappa shape index (κ1) is 30.1. The van der Waals surface area contributed by atoms with Gasteiger partial charge in [-0.3, -0.25) is 0 Å². The fourth-order valence-electron chi connectivity index (χ4n) is 7.88. The summed E-state index contributed by atoms with van der Waals surface area (Å²) in [6.07, 6.45) is 2.20. The summed E-state index contributed by atoms with van der Waals surface area (Å²) in [4.78, 5) is 3.75. The van der Waals surface area contributed by atoms with Crippen LogP contribution in [0.3, 0.4) is 0 Å². The van der Waals surface area contributed by atoms with Gasteiger partial charge in [-0.25, -0.2) is 0 Å². The Morgan fingerprint density at radius 2 is 1.20 bits per heavy atom. The third-order valence-corrected chi connectivity index (χ3v) is 12.0. The second-order valence-electron chi connectivity index (χ2n) is 12.9. The van der Waals surface area contributed by atoms with Crippen LogP contribution < -0.4 is 4.90 Å². The van der Waals surface area contributed by atoms with Crippen molar-refractivity contribution in [3.63, 3.8) is 0 Å². The molecule has 0 N–H and O–H groups in total. The molecule has 0 saturated heterocycles. The second kappa shape index (κ2) is 12.2. The lowest BCUT2D eigenvalue weighted by atomic mass is 10.0. The molecule has 2 nitrogen and oxygen atoms in total. The number of hydrogen-bond donors (Lipinski definition) is 0. The third-order valence-electron chi connectivity index (χ3n) is 10.1. The molecule has 0 amide bonds. The van der Waals surface area contributed by atoms with Gasteiger partial charge in [-0.2, -0.15) is 0 Å². The van der Waals surface area contributed by atoms with Gasteiger partial charge in [-0.15, -0.1) is 23.1 Å². The van der Waals surface area contributed by atoms with Gasteiger partial charge in [-0.1, -0.05) is 115 Å².